The van der Waals surface area contributed by atoms with Crippen molar-refractivity contribution in [2.24, 2.45) is 5.10 Å². The molecule has 5 rings (SSSR count). The highest BCUT2D eigenvalue weighted by Gasteiger charge is 2.40. The molecule has 2 aliphatic rings. The Labute approximate surface area is 162 Å². The second-order valence-corrected chi connectivity index (χ2v) is 6.94. The highest BCUT2D eigenvalue weighted by atomic mass is 19.1. The molecule has 0 aromatic heterocycles. The Balaban J connectivity index is 1.59. The summed E-state index contributed by atoms with van der Waals surface area (Å²) in [7, 11) is 1.65. The van der Waals surface area contributed by atoms with Crippen molar-refractivity contribution in [3.8, 4) is 11.5 Å². The van der Waals surface area contributed by atoms with Crippen LogP contribution in [0.1, 0.15) is 35.4 Å². The molecule has 0 aliphatic carbocycles. The number of fused-ring (bicyclic) bond motifs is 3. The van der Waals surface area contributed by atoms with E-state index >= 15 is 0 Å². The lowest BCUT2D eigenvalue weighted by atomic mass is 9.96. The minimum atomic E-state index is -0.354. The molecule has 0 saturated carbocycles. The van der Waals surface area contributed by atoms with Gasteiger partial charge in [0.05, 0.1) is 18.9 Å². The molecule has 4 nitrogen and oxygen atoms in total. The molecule has 0 saturated heterocycles. The van der Waals surface area contributed by atoms with E-state index in [1.165, 1.54) is 12.1 Å². The van der Waals surface area contributed by atoms with Crippen LogP contribution < -0.4 is 9.47 Å². The Morgan fingerprint density at radius 3 is 2.68 bits per heavy atom. The van der Waals surface area contributed by atoms with Gasteiger partial charge in [-0.1, -0.05) is 42.5 Å². The standard InChI is InChI=1S/C23H19FN2O2/c1-27-18-6-4-5-16(13-18)23-26-21(19-7-2-3-8-22(19)28-23)14-20(25-26)15-9-11-17(24)12-10-15/h2-13,21,23H,14H2,1H3. The second kappa shape index (κ2) is 6.68. The summed E-state index contributed by atoms with van der Waals surface area (Å²) in [6.07, 6.45) is 0.389. The van der Waals surface area contributed by atoms with Gasteiger partial charge in [-0.2, -0.15) is 5.10 Å². The zero-order valence-corrected chi connectivity index (χ0v) is 15.4. The fourth-order valence-electron chi connectivity index (χ4n) is 3.87. The number of methoxy groups -OCH3 is 1. The number of benzene rings is 3. The van der Waals surface area contributed by atoms with E-state index in [9.17, 15) is 4.39 Å². The van der Waals surface area contributed by atoms with E-state index in [0.717, 1.165) is 40.3 Å². The molecule has 0 fully saturated rings. The van der Waals surface area contributed by atoms with Crippen molar-refractivity contribution >= 4 is 5.71 Å². The van der Waals surface area contributed by atoms with E-state index in [-0.39, 0.29) is 18.1 Å². The van der Waals surface area contributed by atoms with Crippen LogP contribution in [0.2, 0.25) is 0 Å². The van der Waals surface area contributed by atoms with Crippen LogP contribution in [0.15, 0.2) is 77.9 Å². The Morgan fingerprint density at radius 1 is 1.04 bits per heavy atom. The Hall–Kier alpha value is -3.34. The van der Waals surface area contributed by atoms with Crippen LogP contribution in [0, 0.1) is 5.82 Å². The van der Waals surface area contributed by atoms with Gasteiger partial charge in [-0.05, 0) is 35.9 Å². The van der Waals surface area contributed by atoms with Gasteiger partial charge in [-0.25, -0.2) is 9.40 Å². The van der Waals surface area contributed by atoms with Crippen molar-refractivity contribution in [1.82, 2.24) is 5.01 Å². The van der Waals surface area contributed by atoms with Gasteiger partial charge in [0.1, 0.15) is 17.3 Å². The van der Waals surface area contributed by atoms with Crippen molar-refractivity contribution in [3.05, 3.63) is 95.3 Å². The van der Waals surface area contributed by atoms with Crippen molar-refractivity contribution in [2.75, 3.05) is 7.11 Å². The third-order valence-electron chi connectivity index (χ3n) is 5.26. The molecule has 5 heteroatoms. The molecule has 140 valence electrons. The van der Waals surface area contributed by atoms with Crippen LogP contribution in [0.25, 0.3) is 0 Å². The second-order valence-electron chi connectivity index (χ2n) is 6.94. The fraction of sp³-hybridized carbons (Fsp3) is 0.174. The maximum absolute atomic E-state index is 13.3. The maximum atomic E-state index is 13.3. The first-order chi connectivity index (χ1) is 13.7. The van der Waals surface area contributed by atoms with Gasteiger partial charge in [-0.15, -0.1) is 0 Å². The molecule has 0 amide bonds. The van der Waals surface area contributed by atoms with Crippen LogP contribution in [-0.2, 0) is 0 Å². The van der Waals surface area contributed by atoms with E-state index < -0.39 is 0 Å². The number of halogens is 1. The van der Waals surface area contributed by atoms with E-state index in [2.05, 4.69) is 6.07 Å². The number of hydrazone groups is 1. The summed E-state index contributed by atoms with van der Waals surface area (Å²) in [5.74, 6) is 1.40. The summed E-state index contributed by atoms with van der Waals surface area (Å²) < 4.78 is 25.1. The van der Waals surface area contributed by atoms with Crippen LogP contribution in [0.5, 0.6) is 11.5 Å². The maximum Gasteiger partial charge on any atom is 0.214 e. The zero-order chi connectivity index (χ0) is 19.1. The van der Waals surface area contributed by atoms with E-state index in [1.807, 2.05) is 47.5 Å². The van der Waals surface area contributed by atoms with Crippen LogP contribution in [0.4, 0.5) is 4.39 Å². The molecule has 3 aromatic carbocycles. The van der Waals surface area contributed by atoms with Crippen LogP contribution >= 0.6 is 0 Å². The van der Waals surface area contributed by atoms with Gasteiger partial charge in [0.25, 0.3) is 0 Å². The third-order valence-corrected chi connectivity index (χ3v) is 5.26. The molecule has 0 bridgehead atoms. The van der Waals surface area contributed by atoms with Crippen molar-refractivity contribution in [1.29, 1.82) is 0 Å². The normalized spacial score (nSPS) is 20.1. The first-order valence-corrected chi connectivity index (χ1v) is 9.24. The highest BCUT2D eigenvalue weighted by Crippen LogP contribution is 2.47. The molecule has 0 radical (unpaired) electrons. The summed E-state index contributed by atoms with van der Waals surface area (Å²) in [4.78, 5) is 0. The quantitative estimate of drug-likeness (QED) is 0.641. The number of nitrogens with zero attached hydrogens (tertiary/aromatic N) is 2. The van der Waals surface area contributed by atoms with Gasteiger partial charge >= 0.3 is 0 Å². The largest absolute Gasteiger partial charge is 0.497 e. The molecular formula is C23H19FN2O2. The molecular weight excluding hydrogens is 355 g/mol. The lowest BCUT2D eigenvalue weighted by Crippen LogP contribution is -2.33. The van der Waals surface area contributed by atoms with Crippen molar-refractivity contribution < 1.29 is 13.9 Å². The van der Waals surface area contributed by atoms with Crippen LogP contribution in [0.3, 0.4) is 0 Å². The van der Waals surface area contributed by atoms with Gasteiger partial charge in [0, 0.05) is 17.5 Å². The summed E-state index contributed by atoms with van der Waals surface area (Å²) >= 11 is 0. The summed E-state index contributed by atoms with van der Waals surface area (Å²) in [5, 5.41) is 6.89. The first-order valence-electron chi connectivity index (χ1n) is 9.24. The third kappa shape index (κ3) is 2.80. The van der Waals surface area contributed by atoms with Crippen molar-refractivity contribution in [2.45, 2.75) is 18.7 Å². The first kappa shape index (κ1) is 16.8. The number of rotatable bonds is 3. The molecule has 0 spiro atoms. The molecule has 2 unspecified atom stereocenters. The average Bonchev–Trinajstić information content (AvgIpc) is 3.19. The lowest BCUT2D eigenvalue weighted by molar-refractivity contribution is -0.0191. The van der Waals surface area contributed by atoms with Gasteiger partial charge in [0.15, 0.2) is 0 Å². The molecule has 2 aliphatic heterocycles. The summed E-state index contributed by atoms with van der Waals surface area (Å²) in [6.45, 7) is 0. The predicted molar refractivity (Wildman–Crippen MR) is 105 cm³/mol. The molecule has 0 N–H and O–H groups in total. The monoisotopic (exact) mass is 374 g/mol. The molecule has 2 heterocycles. The highest BCUT2D eigenvalue weighted by molar-refractivity contribution is 6.01. The number of ether oxygens (including phenoxy) is 2. The van der Waals surface area contributed by atoms with Gasteiger partial charge < -0.3 is 9.47 Å². The summed E-state index contributed by atoms with van der Waals surface area (Å²) in [5.41, 5.74) is 3.95. The SMILES string of the molecule is COc1cccc(C2Oc3ccccc3C3CC(c4ccc(F)cc4)=NN32)c1. The lowest BCUT2D eigenvalue weighted by Gasteiger charge is -2.38. The molecule has 3 aromatic rings. The van der Waals surface area contributed by atoms with Gasteiger partial charge in [0.2, 0.25) is 6.23 Å². The minimum Gasteiger partial charge on any atom is -0.497 e. The minimum absolute atomic E-state index is 0.0706. The topological polar surface area (TPSA) is 34.1 Å². The van der Waals surface area contributed by atoms with E-state index in [0.29, 0.717) is 0 Å². The smallest absolute Gasteiger partial charge is 0.214 e. The predicted octanol–water partition coefficient (Wildman–Crippen LogP) is 5.08. The average molecular weight is 374 g/mol. The number of hydrogen-bond donors (Lipinski definition) is 0. The number of para-hydroxylation sites is 1. The fourth-order valence-corrected chi connectivity index (χ4v) is 3.87. The van der Waals surface area contributed by atoms with Crippen molar-refractivity contribution in [3.63, 3.8) is 0 Å². The summed E-state index contributed by atoms with van der Waals surface area (Å²) in [6, 6.07) is 22.5. The Bertz CT molecular complexity index is 1050. The van der Waals surface area contributed by atoms with Crippen LogP contribution in [-0.4, -0.2) is 17.8 Å². The van der Waals surface area contributed by atoms with Gasteiger partial charge in [-0.3, -0.25) is 0 Å². The zero-order valence-electron chi connectivity index (χ0n) is 15.4. The Kier molecular flexibility index (Phi) is 4.01. The van der Waals surface area contributed by atoms with E-state index in [4.69, 9.17) is 14.6 Å². The Morgan fingerprint density at radius 2 is 1.86 bits per heavy atom. The van der Waals surface area contributed by atoms with E-state index in [1.54, 1.807) is 19.2 Å². The molecule has 28 heavy (non-hydrogen) atoms. The molecule has 2 atom stereocenters. The number of hydrogen-bond acceptors (Lipinski definition) is 4.